The first-order chi connectivity index (χ1) is 8.44. The molecule has 2 bridgehead atoms. The Kier molecular flexibility index (Phi) is 4.25. The van der Waals surface area contributed by atoms with E-state index in [1.165, 1.54) is 0 Å². The highest BCUT2D eigenvalue weighted by Crippen LogP contribution is 2.38. The third-order valence-corrected chi connectivity index (χ3v) is 6.18. The van der Waals surface area contributed by atoms with Crippen LogP contribution in [0.4, 0.5) is 0 Å². The predicted molar refractivity (Wildman–Crippen MR) is 73.8 cm³/mol. The van der Waals surface area contributed by atoms with Crippen LogP contribution in [0.2, 0.25) is 0 Å². The van der Waals surface area contributed by atoms with Gasteiger partial charge in [-0.15, -0.1) is 0 Å². The molecule has 0 radical (unpaired) electrons. The molecule has 2 aliphatic rings. The molecule has 7 heteroatoms. The predicted octanol–water partition coefficient (Wildman–Crippen LogP) is 0.538. The number of thiocarbonyl (C=S) groups is 1. The molecular formula is C11H20N2O3S2. The molecule has 104 valence electrons. The number of sulfonamides is 1. The average Bonchev–Trinajstić information content (AvgIpc) is 2.88. The lowest BCUT2D eigenvalue weighted by atomic mass is 9.89. The minimum Gasteiger partial charge on any atom is -0.392 e. The Balaban J connectivity index is 1.91. The SMILES string of the molecule is CCC(C(N)=S)S(=O)(=O)NCC1CC2CCC1O2. The second kappa shape index (κ2) is 5.40. The first kappa shape index (κ1) is 14.2. The molecule has 0 aliphatic carbocycles. The van der Waals surface area contributed by atoms with Crippen molar-refractivity contribution < 1.29 is 13.2 Å². The maximum Gasteiger partial charge on any atom is 0.221 e. The van der Waals surface area contributed by atoms with Crippen LogP contribution in [0, 0.1) is 5.92 Å². The molecule has 0 saturated carbocycles. The Bertz CT molecular complexity index is 424. The smallest absolute Gasteiger partial charge is 0.221 e. The highest BCUT2D eigenvalue weighted by Gasteiger charge is 2.41. The van der Waals surface area contributed by atoms with Gasteiger partial charge in [0.15, 0.2) is 0 Å². The summed E-state index contributed by atoms with van der Waals surface area (Å²) in [6, 6.07) is 0. The van der Waals surface area contributed by atoms with E-state index in [4.69, 9.17) is 22.7 Å². The molecule has 2 rings (SSSR count). The standard InChI is InChI=1S/C11H20N2O3S2/c1-2-10(11(12)17)18(14,15)13-6-7-5-8-3-4-9(7)16-8/h7-10,13H,2-6H2,1H3,(H2,12,17). The Morgan fingerprint density at radius 1 is 1.56 bits per heavy atom. The van der Waals surface area contributed by atoms with Crippen LogP contribution in [-0.2, 0) is 14.8 Å². The summed E-state index contributed by atoms with van der Waals surface area (Å²) in [6.07, 6.45) is 4.07. The number of ether oxygens (including phenoxy) is 1. The Labute approximate surface area is 113 Å². The van der Waals surface area contributed by atoms with Crippen molar-refractivity contribution in [2.24, 2.45) is 11.7 Å². The second-order valence-electron chi connectivity index (χ2n) is 5.06. The van der Waals surface area contributed by atoms with Gasteiger partial charge in [0.05, 0.1) is 17.2 Å². The lowest BCUT2D eigenvalue weighted by molar-refractivity contribution is 0.0932. The van der Waals surface area contributed by atoms with Crippen molar-refractivity contribution in [2.75, 3.05) is 6.54 Å². The van der Waals surface area contributed by atoms with E-state index in [9.17, 15) is 8.42 Å². The van der Waals surface area contributed by atoms with Crippen molar-refractivity contribution in [2.45, 2.75) is 50.1 Å². The lowest BCUT2D eigenvalue weighted by Crippen LogP contribution is -2.44. The third-order valence-electron chi connectivity index (χ3n) is 3.84. The summed E-state index contributed by atoms with van der Waals surface area (Å²) in [6.45, 7) is 2.20. The average molecular weight is 292 g/mol. The zero-order valence-electron chi connectivity index (χ0n) is 10.5. The van der Waals surface area contributed by atoms with Crippen molar-refractivity contribution in [1.82, 2.24) is 4.72 Å². The Hall–Kier alpha value is -0.240. The number of hydrogen-bond donors (Lipinski definition) is 2. The fourth-order valence-electron chi connectivity index (χ4n) is 2.86. The molecule has 0 spiro atoms. The zero-order chi connectivity index (χ0) is 13.3. The van der Waals surface area contributed by atoms with Crippen LogP contribution in [0.5, 0.6) is 0 Å². The van der Waals surface area contributed by atoms with Gasteiger partial charge in [-0.2, -0.15) is 0 Å². The number of fused-ring (bicyclic) bond motifs is 2. The summed E-state index contributed by atoms with van der Waals surface area (Å²) in [4.78, 5) is 0.0363. The van der Waals surface area contributed by atoms with Crippen molar-refractivity contribution in [3.8, 4) is 0 Å². The van der Waals surface area contributed by atoms with E-state index in [-0.39, 0.29) is 11.1 Å². The maximum absolute atomic E-state index is 12.0. The van der Waals surface area contributed by atoms with Crippen LogP contribution in [-0.4, -0.2) is 37.4 Å². The molecule has 2 heterocycles. The topological polar surface area (TPSA) is 81.4 Å². The van der Waals surface area contributed by atoms with Crippen LogP contribution >= 0.6 is 12.2 Å². The molecule has 0 aromatic rings. The van der Waals surface area contributed by atoms with E-state index in [2.05, 4.69) is 4.72 Å². The third kappa shape index (κ3) is 2.84. The maximum atomic E-state index is 12.0. The summed E-state index contributed by atoms with van der Waals surface area (Å²) >= 11 is 4.80. The van der Waals surface area contributed by atoms with Gasteiger partial charge in [-0.05, 0) is 25.7 Å². The van der Waals surface area contributed by atoms with Gasteiger partial charge in [0, 0.05) is 12.5 Å². The van der Waals surface area contributed by atoms with Crippen molar-refractivity contribution in [1.29, 1.82) is 0 Å². The number of rotatable bonds is 6. The summed E-state index contributed by atoms with van der Waals surface area (Å²) in [5, 5.41) is -0.771. The zero-order valence-corrected chi connectivity index (χ0v) is 12.1. The number of nitrogens with one attached hydrogen (secondary N) is 1. The molecule has 0 amide bonds. The van der Waals surface area contributed by atoms with Crippen LogP contribution < -0.4 is 10.5 Å². The van der Waals surface area contributed by atoms with Crippen molar-refractivity contribution in [3.05, 3.63) is 0 Å². The van der Waals surface area contributed by atoms with Gasteiger partial charge in [-0.1, -0.05) is 19.1 Å². The van der Waals surface area contributed by atoms with Crippen molar-refractivity contribution >= 4 is 27.2 Å². The molecule has 2 saturated heterocycles. The lowest BCUT2D eigenvalue weighted by Gasteiger charge is -2.21. The Morgan fingerprint density at radius 2 is 2.28 bits per heavy atom. The van der Waals surface area contributed by atoms with Crippen LogP contribution in [0.1, 0.15) is 32.6 Å². The highest BCUT2D eigenvalue weighted by molar-refractivity contribution is 7.93. The van der Waals surface area contributed by atoms with Crippen LogP contribution in [0.15, 0.2) is 0 Å². The quantitative estimate of drug-likeness (QED) is 0.698. The minimum atomic E-state index is -3.45. The molecule has 2 fully saturated rings. The summed E-state index contributed by atoms with van der Waals surface area (Å²) in [5.41, 5.74) is 5.47. The van der Waals surface area contributed by atoms with E-state index in [0.717, 1.165) is 19.3 Å². The van der Waals surface area contributed by atoms with Crippen LogP contribution in [0.25, 0.3) is 0 Å². The van der Waals surface area contributed by atoms with Gasteiger partial charge in [0.2, 0.25) is 10.0 Å². The van der Waals surface area contributed by atoms with E-state index in [1.54, 1.807) is 6.92 Å². The van der Waals surface area contributed by atoms with Gasteiger partial charge >= 0.3 is 0 Å². The fourth-order valence-corrected chi connectivity index (χ4v) is 4.79. The van der Waals surface area contributed by atoms with E-state index in [0.29, 0.717) is 25.0 Å². The largest absolute Gasteiger partial charge is 0.392 e. The second-order valence-corrected chi connectivity index (χ2v) is 7.48. The molecule has 3 N–H and O–H groups in total. The molecule has 0 aromatic carbocycles. The number of nitrogens with two attached hydrogens (primary N) is 1. The molecule has 5 nitrogen and oxygen atoms in total. The van der Waals surface area contributed by atoms with Gasteiger partial charge in [-0.25, -0.2) is 13.1 Å². The van der Waals surface area contributed by atoms with Gasteiger partial charge < -0.3 is 10.5 Å². The monoisotopic (exact) mass is 292 g/mol. The molecule has 4 atom stereocenters. The molecule has 2 aliphatic heterocycles. The van der Waals surface area contributed by atoms with Gasteiger partial charge in [0.25, 0.3) is 0 Å². The van der Waals surface area contributed by atoms with Crippen LogP contribution in [0.3, 0.4) is 0 Å². The molecule has 0 aromatic heterocycles. The normalized spacial score (nSPS) is 32.6. The van der Waals surface area contributed by atoms with Gasteiger partial charge in [-0.3, -0.25) is 0 Å². The summed E-state index contributed by atoms with van der Waals surface area (Å²) < 4.78 is 32.4. The minimum absolute atomic E-state index is 0.0363. The van der Waals surface area contributed by atoms with Gasteiger partial charge in [0.1, 0.15) is 5.25 Å². The fraction of sp³-hybridized carbons (Fsp3) is 0.909. The molecule has 4 unspecified atom stereocenters. The highest BCUT2D eigenvalue weighted by atomic mass is 32.2. The Morgan fingerprint density at radius 3 is 2.72 bits per heavy atom. The van der Waals surface area contributed by atoms with E-state index in [1.807, 2.05) is 0 Å². The summed E-state index contributed by atoms with van der Waals surface area (Å²) in [7, 11) is -3.45. The summed E-state index contributed by atoms with van der Waals surface area (Å²) in [5.74, 6) is 0.294. The number of hydrogen-bond acceptors (Lipinski definition) is 4. The molecule has 18 heavy (non-hydrogen) atoms. The van der Waals surface area contributed by atoms with Crippen molar-refractivity contribution in [3.63, 3.8) is 0 Å². The molecular weight excluding hydrogens is 272 g/mol. The van der Waals surface area contributed by atoms with E-state index < -0.39 is 15.3 Å². The first-order valence-electron chi connectivity index (χ1n) is 6.37. The van der Waals surface area contributed by atoms with E-state index >= 15 is 0 Å². The first-order valence-corrected chi connectivity index (χ1v) is 8.32.